The second-order valence-electron chi connectivity index (χ2n) is 1.47. The maximum atomic E-state index is 10.8. The van der Waals surface area contributed by atoms with Crippen LogP contribution in [0, 0.1) is 0 Å². The molecule has 0 aromatic carbocycles. The Labute approximate surface area is 75.0 Å². The van der Waals surface area contributed by atoms with Gasteiger partial charge in [-0.2, -0.15) is 8.78 Å². The molecule has 0 spiro atoms. The summed E-state index contributed by atoms with van der Waals surface area (Å²) in [5.41, 5.74) is 0. The van der Waals surface area contributed by atoms with Crippen molar-refractivity contribution in [1.82, 2.24) is 0 Å². The number of hydrogen-bond donors (Lipinski definition) is 4. The molecular weight excluding hydrogens is 233 g/mol. The summed E-state index contributed by atoms with van der Waals surface area (Å²) in [4.78, 5) is 33.4. The van der Waals surface area contributed by atoms with Crippen LogP contribution in [-0.4, -0.2) is 38.5 Å². The predicted octanol–water partition coefficient (Wildman–Crippen LogP) is -0.526. The molecule has 0 fully saturated rings. The van der Waals surface area contributed by atoms with E-state index in [1.807, 2.05) is 0 Å². The lowest BCUT2D eigenvalue weighted by Gasteiger charge is -2.00. The van der Waals surface area contributed by atoms with Gasteiger partial charge in [-0.3, -0.25) is 0 Å². The van der Waals surface area contributed by atoms with Crippen LogP contribution < -0.4 is 0 Å². The summed E-state index contributed by atoms with van der Waals surface area (Å²) in [6, 6.07) is 0. The van der Waals surface area contributed by atoms with Crippen molar-refractivity contribution in [3.8, 4) is 0 Å². The van der Waals surface area contributed by atoms with Crippen molar-refractivity contribution >= 4 is 19.8 Å². The number of rotatable bonds is 2. The van der Waals surface area contributed by atoms with Crippen LogP contribution in [0.1, 0.15) is 0 Å². The standard InChI is InChI=1S/C2H2O4.CH3F2O4P/c3-1(4)2(5)6;2-1(3)7-8(4,5)6/h(H,3,4)(H,5,6);1H,(H2,4,5,6). The summed E-state index contributed by atoms with van der Waals surface area (Å²) >= 11 is 0. The molecular formula is C3H5F2O8P. The molecule has 0 unspecified atom stereocenters. The summed E-state index contributed by atoms with van der Waals surface area (Å²) in [5.74, 6) is -3.65. The van der Waals surface area contributed by atoms with Gasteiger partial charge in [0.15, 0.2) is 0 Å². The zero-order chi connectivity index (χ0) is 11.9. The molecule has 0 aliphatic heterocycles. The van der Waals surface area contributed by atoms with Crippen LogP contribution in [0.5, 0.6) is 0 Å². The Morgan fingerprint density at radius 1 is 1.14 bits per heavy atom. The highest BCUT2D eigenvalue weighted by atomic mass is 31.2. The van der Waals surface area contributed by atoms with E-state index in [2.05, 4.69) is 4.52 Å². The number of aliphatic carboxylic acids is 2. The van der Waals surface area contributed by atoms with Crippen molar-refractivity contribution in [3.05, 3.63) is 0 Å². The van der Waals surface area contributed by atoms with E-state index in [9.17, 15) is 13.3 Å². The molecule has 0 atom stereocenters. The van der Waals surface area contributed by atoms with Crippen molar-refractivity contribution < 1.29 is 47.5 Å². The third-order valence-corrected chi connectivity index (χ3v) is 0.834. The number of phosphoric ester groups is 1. The molecule has 0 saturated heterocycles. The van der Waals surface area contributed by atoms with Crippen molar-refractivity contribution in [2.75, 3.05) is 0 Å². The van der Waals surface area contributed by atoms with Crippen molar-refractivity contribution in [2.45, 2.75) is 6.61 Å². The Hall–Kier alpha value is -1.09. The summed E-state index contributed by atoms with van der Waals surface area (Å²) in [6.45, 7) is -3.42. The Morgan fingerprint density at radius 3 is 1.43 bits per heavy atom. The average molecular weight is 238 g/mol. The average Bonchev–Trinajstić information content (AvgIpc) is 1.81. The Morgan fingerprint density at radius 2 is 1.43 bits per heavy atom. The number of phosphoric acid groups is 1. The molecule has 0 aromatic heterocycles. The zero-order valence-corrected chi connectivity index (χ0v) is 7.10. The molecule has 0 saturated carbocycles. The first kappa shape index (κ1) is 15.4. The molecule has 0 aliphatic rings. The molecule has 4 N–H and O–H groups in total. The fraction of sp³-hybridized carbons (Fsp3) is 0.333. The highest BCUT2D eigenvalue weighted by molar-refractivity contribution is 7.46. The fourth-order valence-corrected chi connectivity index (χ4v) is 0.311. The van der Waals surface area contributed by atoms with Crippen LogP contribution in [0.25, 0.3) is 0 Å². The van der Waals surface area contributed by atoms with E-state index < -0.39 is 26.4 Å². The molecule has 0 aromatic rings. The smallest absolute Gasteiger partial charge is 0.473 e. The van der Waals surface area contributed by atoms with Crippen molar-refractivity contribution in [1.29, 1.82) is 0 Å². The number of halogens is 2. The quantitative estimate of drug-likeness (QED) is 0.371. The predicted molar refractivity (Wildman–Crippen MR) is 34.4 cm³/mol. The second kappa shape index (κ2) is 6.38. The molecule has 0 radical (unpaired) electrons. The minimum Gasteiger partial charge on any atom is -0.473 e. The van der Waals surface area contributed by atoms with E-state index in [4.69, 9.17) is 29.6 Å². The molecule has 84 valence electrons. The third-order valence-electron chi connectivity index (χ3n) is 0.400. The van der Waals surface area contributed by atoms with Gasteiger partial charge in [0, 0.05) is 0 Å². The molecule has 8 nitrogen and oxygen atoms in total. The number of carboxylic acid groups (broad SMARTS) is 2. The maximum Gasteiger partial charge on any atom is 0.474 e. The fourth-order valence-electron chi connectivity index (χ4n) is 0.104. The zero-order valence-electron chi connectivity index (χ0n) is 6.20. The van der Waals surface area contributed by atoms with E-state index in [1.165, 1.54) is 0 Å². The highest BCUT2D eigenvalue weighted by Crippen LogP contribution is 2.37. The lowest BCUT2D eigenvalue weighted by Crippen LogP contribution is -2.09. The number of carbonyl (C=O) groups is 2. The SMILES string of the molecule is O=C(O)C(=O)O.O=P(O)(O)OC(F)F. The second-order valence-corrected chi connectivity index (χ2v) is 2.66. The molecule has 0 heterocycles. The number of alkyl halides is 2. The van der Waals surface area contributed by atoms with Crippen LogP contribution in [0.2, 0.25) is 0 Å². The van der Waals surface area contributed by atoms with E-state index >= 15 is 0 Å². The van der Waals surface area contributed by atoms with E-state index in [0.29, 0.717) is 0 Å². The summed E-state index contributed by atoms with van der Waals surface area (Å²) in [6.07, 6.45) is 0. The molecule has 0 bridgehead atoms. The van der Waals surface area contributed by atoms with E-state index in [1.54, 1.807) is 0 Å². The highest BCUT2D eigenvalue weighted by Gasteiger charge is 2.20. The van der Waals surface area contributed by atoms with E-state index in [0.717, 1.165) is 0 Å². The first-order valence-electron chi connectivity index (χ1n) is 2.54. The third kappa shape index (κ3) is 17.1. The maximum absolute atomic E-state index is 10.8. The molecule has 0 amide bonds. The molecule has 0 rings (SSSR count). The molecule has 0 aliphatic carbocycles. The summed E-state index contributed by atoms with van der Waals surface area (Å²) in [5, 5.41) is 14.8. The van der Waals surface area contributed by atoms with Crippen LogP contribution in [0.4, 0.5) is 8.78 Å². The first-order valence-corrected chi connectivity index (χ1v) is 4.07. The van der Waals surface area contributed by atoms with E-state index in [-0.39, 0.29) is 0 Å². The van der Waals surface area contributed by atoms with Gasteiger partial charge < -0.3 is 20.0 Å². The summed E-state index contributed by atoms with van der Waals surface area (Å²) < 4.78 is 33.8. The number of carboxylic acids is 2. The monoisotopic (exact) mass is 238 g/mol. The van der Waals surface area contributed by atoms with Gasteiger partial charge in [0.25, 0.3) is 0 Å². The largest absolute Gasteiger partial charge is 0.474 e. The van der Waals surface area contributed by atoms with Gasteiger partial charge in [-0.25, -0.2) is 18.7 Å². The normalized spacial score (nSPS) is 10.4. The van der Waals surface area contributed by atoms with Crippen LogP contribution in [0.3, 0.4) is 0 Å². The lowest BCUT2D eigenvalue weighted by atomic mass is 10.7. The van der Waals surface area contributed by atoms with Crippen LogP contribution >= 0.6 is 7.82 Å². The molecule has 14 heavy (non-hydrogen) atoms. The minimum atomic E-state index is -4.97. The Balaban J connectivity index is 0. The Bertz CT molecular complexity index is 233. The topological polar surface area (TPSA) is 141 Å². The van der Waals surface area contributed by atoms with Crippen molar-refractivity contribution in [2.24, 2.45) is 0 Å². The molecule has 11 heteroatoms. The van der Waals surface area contributed by atoms with Crippen molar-refractivity contribution in [3.63, 3.8) is 0 Å². The minimum absolute atomic E-state index is 1.82. The van der Waals surface area contributed by atoms with Crippen LogP contribution in [-0.2, 0) is 18.7 Å². The number of hydrogen-bond acceptors (Lipinski definition) is 4. The van der Waals surface area contributed by atoms with Gasteiger partial charge in [0.1, 0.15) is 0 Å². The van der Waals surface area contributed by atoms with Gasteiger partial charge in [-0.15, -0.1) is 0 Å². The van der Waals surface area contributed by atoms with Gasteiger partial charge >= 0.3 is 26.4 Å². The lowest BCUT2D eigenvalue weighted by molar-refractivity contribution is -0.159. The van der Waals surface area contributed by atoms with Gasteiger partial charge in [0.05, 0.1) is 0 Å². The Kier molecular flexibility index (Phi) is 7.01. The van der Waals surface area contributed by atoms with Gasteiger partial charge in [0.2, 0.25) is 0 Å². The summed E-state index contributed by atoms with van der Waals surface area (Å²) in [7, 11) is -4.97. The van der Waals surface area contributed by atoms with Gasteiger partial charge in [-0.1, -0.05) is 0 Å². The van der Waals surface area contributed by atoms with Gasteiger partial charge in [-0.05, 0) is 0 Å². The van der Waals surface area contributed by atoms with Crippen LogP contribution in [0.15, 0.2) is 0 Å². The first-order chi connectivity index (χ1) is 6.06.